The van der Waals surface area contributed by atoms with Crippen molar-refractivity contribution in [3.8, 4) is 0 Å². The monoisotopic (exact) mass is 1500 g/mol. The molecule has 6 atom stereocenters. The number of aromatic nitrogens is 9. The third-order valence-corrected chi connectivity index (χ3v) is 26.3. The first-order chi connectivity index (χ1) is 53.0. The maximum atomic E-state index is 13.2. The molecule has 6 saturated heterocycles. The summed E-state index contributed by atoms with van der Waals surface area (Å²) < 4.78 is 7.13. The summed E-state index contributed by atoms with van der Waals surface area (Å²) in [4.78, 5) is 77.1. The number of aliphatic hydroxyl groups is 3. The lowest BCUT2D eigenvalue weighted by molar-refractivity contribution is -0.138. The summed E-state index contributed by atoms with van der Waals surface area (Å²) in [5.74, 6) is 4.83. The molecule has 3 aliphatic carbocycles. The molecule has 6 aromatic rings. The van der Waals surface area contributed by atoms with E-state index in [2.05, 4.69) is 127 Å². The summed E-state index contributed by atoms with van der Waals surface area (Å²) in [6, 6.07) is 2.09. The van der Waals surface area contributed by atoms with Crippen molar-refractivity contribution in [2.24, 2.45) is 17.8 Å². The van der Waals surface area contributed by atoms with Crippen LogP contribution in [0.4, 0.5) is 17.8 Å². The molecule has 600 valence electrons. The van der Waals surface area contributed by atoms with Crippen LogP contribution in [0.3, 0.4) is 0 Å². The molecule has 3 amide bonds. The number of anilines is 3. The van der Waals surface area contributed by atoms with Gasteiger partial charge in [0.15, 0.2) is 0 Å². The number of rotatable bonds is 21. The third-order valence-electron chi connectivity index (χ3n) is 26.3. The molecule has 3 saturated carbocycles. The summed E-state index contributed by atoms with van der Waals surface area (Å²) >= 11 is 0. The second-order valence-corrected chi connectivity index (χ2v) is 34.6. The molecule has 6 aromatic heterocycles. The van der Waals surface area contributed by atoms with Crippen LogP contribution in [0.1, 0.15) is 287 Å². The summed E-state index contributed by atoms with van der Waals surface area (Å²) in [6.07, 6.45) is 42.4. The highest BCUT2D eigenvalue weighted by Crippen LogP contribution is 2.43. The Bertz CT molecular complexity index is 3710. The standard InChI is InChI=1S/C29H46N6O2.2C28H44N6O2/c1-4-6-20(2)31-29-30-17-25-26(19-35(27(25)32-29)23-8-10-24(36)11-9-23)21-12-15-34(16-13-21)28(37)22-7-5-14-33(3)18-22;2*1-3-5-19(2)31-28-30-17-24-25(18-34(26(24)32-28)22-7-9-23(35)10-8-22)20-11-14-33(15-12-20)27(36)21-6-4-13-29-16-21/h17,19-24,36H,4-16,18H2,1-3H3,(H,30,31,32);2*17-23,29,35H,3-16H2,1-2H3,(H,30,31,32)/t20-,22?,23?,24?;19-,21+,22?,23?;19-,21-,22?,23?/m000/s1. The number of nitrogens with one attached hydrogen (secondary N) is 5. The van der Waals surface area contributed by atoms with Crippen molar-refractivity contribution >= 4 is 68.7 Å². The van der Waals surface area contributed by atoms with Crippen molar-refractivity contribution in [2.75, 3.05) is 102 Å². The number of hydrogen-bond donors (Lipinski definition) is 8. The molecule has 0 spiro atoms. The summed E-state index contributed by atoms with van der Waals surface area (Å²) in [6.45, 7) is 23.9. The van der Waals surface area contributed by atoms with E-state index in [0.29, 0.717) is 89.6 Å². The highest BCUT2D eigenvalue weighted by Gasteiger charge is 2.38. The molecule has 12 heterocycles. The maximum absolute atomic E-state index is 13.2. The molecule has 0 radical (unpaired) electrons. The minimum Gasteiger partial charge on any atom is -0.393 e. The van der Waals surface area contributed by atoms with Crippen molar-refractivity contribution in [2.45, 2.75) is 306 Å². The Morgan fingerprint density at radius 1 is 0.422 bits per heavy atom. The second-order valence-electron chi connectivity index (χ2n) is 34.6. The fourth-order valence-corrected chi connectivity index (χ4v) is 19.9. The van der Waals surface area contributed by atoms with Gasteiger partial charge in [-0.25, -0.2) is 15.0 Å². The molecular formula is C85H134N18O6. The Labute approximate surface area is 648 Å². The van der Waals surface area contributed by atoms with Gasteiger partial charge >= 0.3 is 0 Å². The van der Waals surface area contributed by atoms with Crippen LogP contribution in [0.2, 0.25) is 0 Å². The fraction of sp³-hybridized carbons (Fsp3) is 0.753. The van der Waals surface area contributed by atoms with Gasteiger partial charge in [0.25, 0.3) is 0 Å². The van der Waals surface area contributed by atoms with Gasteiger partial charge < -0.3 is 75.2 Å². The quantitative estimate of drug-likeness (QED) is 0.0332. The van der Waals surface area contributed by atoms with Gasteiger partial charge in [0.1, 0.15) is 16.9 Å². The van der Waals surface area contributed by atoms with Crippen molar-refractivity contribution in [3.05, 3.63) is 53.9 Å². The Balaban J connectivity index is 0.000000144. The van der Waals surface area contributed by atoms with Crippen molar-refractivity contribution in [1.29, 1.82) is 0 Å². The van der Waals surface area contributed by atoms with Crippen molar-refractivity contribution in [3.63, 3.8) is 0 Å². The first-order valence-electron chi connectivity index (χ1n) is 43.4. The van der Waals surface area contributed by atoms with Gasteiger partial charge in [-0.2, -0.15) is 15.0 Å². The average molecular weight is 1500 g/mol. The zero-order valence-electron chi connectivity index (χ0n) is 67.2. The highest BCUT2D eigenvalue weighted by molar-refractivity contribution is 5.85. The molecule has 24 heteroatoms. The molecule has 15 rings (SSSR count). The van der Waals surface area contributed by atoms with Crippen LogP contribution in [-0.2, 0) is 14.4 Å². The largest absolute Gasteiger partial charge is 0.393 e. The number of likely N-dealkylation sites (tertiary alicyclic amines) is 4. The number of piperidine rings is 6. The molecule has 109 heavy (non-hydrogen) atoms. The molecule has 9 fully saturated rings. The van der Waals surface area contributed by atoms with E-state index < -0.39 is 0 Å². The van der Waals surface area contributed by atoms with Crippen LogP contribution >= 0.6 is 0 Å². The van der Waals surface area contributed by atoms with Gasteiger partial charge in [-0.05, 0) is 255 Å². The third kappa shape index (κ3) is 20.1. The molecular weight excluding hydrogens is 1370 g/mol. The van der Waals surface area contributed by atoms with Gasteiger partial charge in [-0.3, -0.25) is 14.4 Å². The molecule has 0 aromatic carbocycles. The predicted octanol–water partition coefficient (Wildman–Crippen LogP) is 13.0. The van der Waals surface area contributed by atoms with Crippen LogP contribution in [0, 0.1) is 17.8 Å². The van der Waals surface area contributed by atoms with Gasteiger partial charge in [-0.1, -0.05) is 40.0 Å². The molecule has 0 bridgehead atoms. The van der Waals surface area contributed by atoms with Gasteiger partial charge in [0.2, 0.25) is 35.6 Å². The molecule has 1 unspecified atom stereocenters. The predicted molar refractivity (Wildman–Crippen MR) is 434 cm³/mol. The number of amides is 3. The zero-order chi connectivity index (χ0) is 76.1. The topological polar surface area (TPSA) is 277 Å². The minimum absolute atomic E-state index is 0.147. The maximum Gasteiger partial charge on any atom is 0.226 e. The lowest BCUT2D eigenvalue weighted by Crippen LogP contribution is -2.46. The fourth-order valence-electron chi connectivity index (χ4n) is 19.9. The van der Waals surface area contributed by atoms with E-state index in [1.165, 1.54) is 16.7 Å². The van der Waals surface area contributed by atoms with Gasteiger partial charge in [0, 0.05) is 148 Å². The Morgan fingerprint density at radius 3 is 1.01 bits per heavy atom. The van der Waals surface area contributed by atoms with Crippen LogP contribution in [0.15, 0.2) is 37.2 Å². The molecule has 9 aliphatic rings. The number of carbonyl (C=O) groups is 3. The van der Waals surface area contributed by atoms with Crippen molar-refractivity contribution in [1.82, 2.24) is 73.8 Å². The number of carbonyl (C=O) groups excluding carboxylic acids is 3. The van der Waals surface area contributed by atoms with E-state index >= 15 is 0 Å². The van der Waals surface area contributed by atoms with E-state index in [0.717, 1.165) is 304 Å². The van der Waals surface area contributed by atoms with E-state index in [-0.39, 0.29) is 36.1 Å². The summed E-state index contributed by atoms with van der Waals surface area (Å²) in [5, 5.41) is 50.9. The van der Waals surface area contributed by atoms with Gasteiger partial charge in [0.05, 0.1) is 36.1 Å². The van der Waals surface area contributed by atoms with E-state index in [4.69, 9.17) is 29.9 Å². The van der Waals surface area contributed by atoms with E-state index in [9.17, 15) is 29.7 Å². The highest BCUT2D eigenvalue weighted by atomic mass is 16.3. The average Bonchev–Trinajstić information content (AvgIpc) is 1.63. The van der Waals surface area contributed by atoms with Crippen LogP contribution < -0.4 is 26.6 Å². The summed E-state index contributed by atoms with van der Waals surface area (Å²) in [5.41, 5.74) is 7.03. The molecule has 24 nitrogen and oxygen atoms in total. The Morgan fingerprint density at radius 2 is 0.725 bits per heavy atom. The Kier molecular flexibility index (Phi) is 28.3. The number of hydrogen-bond acceptors (Lipinski definition) is 18. The zero-order valence-corrected chi connectivity index (χ0v) is 67.2. The van der Waals surface area contributed by atoms with E-state index in [1.807, 2.05) is 18.6 Å². The SMILES string of the molecule is CCC[C@H](C)Nc1ncc2c(C3CCN(C(=O)C4CCCN(C)C4)CC3)cn(C3CCC(O)CC3)c2n1.CCC[C@H](C)Nc1ncc2c(C3CCN(C(=O)[C@@H]4CCCNC4)CC3)cn(C3CCC(O)CC3)c2n1.CCC[C@H](C)Nc1ncc2c(C3CCN(C(=O)[C@H]4CCCNC4)CC3)cn(C3CCC(O)CC3)c2n1. The minimum atomic E-state index is -0.176. The normalized spacial score (nSPS) is 26.8. The van der Waals surface area contributed by atoms with Crippen LogP contribution in [0.5, 0.6) is 0 Å². The Hall–Kier alpha value is -6.57. The number of aliphatic hydroxyl groups excluding tert-OH is 3. The smallest absolute Gasteiger partial charge is 0.226 e. The number of fused-ring (bicyclic) bond motifs is 3. The second kappa shape index (κ2) is 38.3. The lowest BCUT2D eigenvalue weighted by atomic mass is 9.88. The van der Waals surface area contributed by atoms with Crippen LogP contribution in [-0.4, -0.2) is 218 Å². The summed E-state index contributed by atoms with van der Waals surface area (Å²) in [7, 11) is 2.13. The number of nitrogens with zero attached hydrogens (tertiary/aromatic N) is 13. The van der Waals surface area contributed by atoms with Crippen molar-refractivity contribution < 1.29 is 29.7 Å². The molecule has 8 N–H and O–H groups in total. The first kappa shape index (κ1) is 80.5. The van der Waals surface area contributed by atoms with Gasteiger partial charge in [-0.15, -0.1) is 0 Å². The molecule has 6 aliphatic heterocycles. The lowest BCUT2D eigenvalue weighted by Gasteiger charge is -2.37. The van der Waals surface area contributed by atoms with E-state index in [1.54, 1.807) is 0 Å². The first-order valence-corrected chi connectivity index (χ1v) is 43.4. The van der Waals surface area contributed by atoms with Crippen LogP contribution in [0.25, 0.3) is 33.1 Å².